The molecule has 0 fully saturated rings. The van der Waals surface area contributed by atoms with E-state index in [9.17, 15) is 4.79 Å². The zero-order chi connectivity index (χ0) is 9.30. The number of hydrogen-bond donors (Lipinski definition) is 1. The van der Waals surface area contributed by atoms with Gasteiger partial charge in [-0.15, -0.1) is 0 Å². The first kappa shape index (κ1) is 9.80. The molecule has 0 spiro atoms. The lowest BCUT2D eigenvalue weighted by atomic mass is 10.1. The largest absolute Gasteiger partial charge is 0.508 e. The van der Waals surface area contributed by atoms with Crippen molar-refractivity contribution in [2.75, 3.05) is 0 Å². The molecule has 0 aliphatic carbocycles. The van der Waals surface area contributed by atoms with E-state index in [2.05, 4.69) is 0 Å². The van der Waals surface area contributed by atoms with Gasteiger partial charge in [0.15, 0.2) is 5.78 Å². The average Bonchev–Trinajstić information content (AvgIpc) is 1.96. The van der Waals surface area contributed by atoms with E-state index in [0.29, 0.717) is 14.2 Å². The molecule has 0 aromatic heterocycles. The fourth-order valence-electron chi connectivity index (χ4n) is 0.831. The van der Waals surface area contributed by atoms with Crippen molar-refractivity contribution >= 4 is 40.0 Å². The van der Waals surface area contributed by atoms with Crippen LogP contribution in [0.3, 0.4) is 0 Å². The van der Waals surface area contributed by atoms with Crippen LogP contribution in [0.4, 0.5) is 0 Å². The smallest absolute Gasteiger partial charge is 0.161 e. The number of halogens is 2. The number of ketones is 1. The Hall–Kier alpha value is -0.290. The van der Waals surface area contributed by atoms with Crippen molar-refractivity contribution in [3.05, 3.63) is 26.3 Å². The Kier molecular flexibility index (Phi) is 2.95. The molecular formula is C8H6ClIO2. The fourth-order valence-corrected chi connectivity index (χ4v) is 1.74. The molecule has 0 atom stereocenters. The van der Waals surface area contributed by atoms with E-state index >= 15 is 0 Å². The summed E-state index contributed by atoms with van der Waals surface area (Å²) in [7, 11) is 0. The minimum Gasteiger partial charge on any atom is -0.508 e. The zero-order valence-electron chi connectivity index (χ0n) is 6.27. The predicted molar refractivity (Wildman–Crippen MR) is 55.8 cm³/mol. The van der Waals surface area contributed by atoms with Gasteiger partial charge in [-0.25, -0.2) is 0 Å². The molecule has 0 aliphatic rings. The van der Waals surface area contributed by atoms with Gasteiger partial charge < -0.3 is 5.11 Å². The van der Waals surface area contributed by atoms with E-state index in [0.717, 1.165) is 0 Å². The Labute approximate surface area is 88.7 Å². The third kappa shape index (κ3) is 1.90. The first-order valence-corrected chi connectivity index (χ1v) is 4.67. The maximum Gasteiger partial charge on any atom is 0.161 e. The van der Waals surface area contributed by atoms with E-state index in [4.69, 9.17) is 16.7 Å². The quantitative estimate of drug-likeness (QED) is 0.639. The lowest BCUT2D eigenvalue weighted by Crippen LogP contribution is -1.95. The van der Waals surface area contributed by atoms with Gasteiger partial charge in [-0.2, -0.15) is 0 Å². The van der Waals surface area contributed by atoms with Gasteiger partial charge in [0.2, 0.25) is 0 Å². The van der Waals surface area contributed by atoms with Crippen LogP contribution in [-0.2, 0) is 0 Å². The Morgan fingerprint density at radius 2 is 2.17 bits per heavy atom. The highest BCUT2D eigenvalue weighted by Crippen LogP contribution is 2.27. The Morgan fingerprint density at radius 3 is 2.67 bits per heavy atom. The Balaban J connectivity index is 3.37. The van der Waals surface area contributed by atoms with Gasteiger partial charge in [0, 0.05) is 9.13 Å². The molecule has 0 heterocycles. The maximum absolute atomic E-state index is 11.0. The van der Waals surface area contributed by atoms with E-state index < -0.39 is 0 Å². The number of Topliss-reactive ketones (excluding diaryl/α,β-unsaturated/α-hetero) is 1. The second kappa shape index (κ2) is 3.62. The first-order valence-electron chi connectivity index (χ1n) is 3.21. The topological polar surface area (TPSA) is 37.3 Å². The summed E-state index contributed by atoms with van der Waals surface area (Å²) in [6.45, 7) is 1.44. The Morgan fingerprint density at radius 1 is 1.58 bits per heavy atom. The van der Waals surface area contributed by atoms with Crippen molar-refractivity contribution in [1.82, 2.24) is 0 Å². The zero-order valence-corrected chi connectivity index (χ0v) is 9.18. The second-order valence-electron chi connectivity index (χ2n) is 2.35. The molecule has 2 nitrogen and oxygen atoms in total. The summed E-state index contributed by atoms with van der Waals surface area (Å²) < 4.78 is 0.680. The third-order valence-corrected chi connectivity index (χ3v) is 3.17. The molecular weight excluding hydrogens is 290 g/mol. The van der Waals surface area contributed by atoms with Crippen LogP contribution in [0.25, 0.3) is 0 Å². The monoisotopic (exact) mass is 296 g/mol. The molecule has 0 unspecified atom stereocenters. The molecule has 0 saturated carbocycles. The van der Waals surface area contributed by atoms with Crippen LogP contribution >= 0.6 is 34.2 Å². The van der Waals surface area contributed by atoms with E-state index in [-0.39, 0.29) is 11.5 Å². The minimum absolute atomic E-state index is 0.0191. The van der Waals surface area contributed by atoms with Gasteiger partial charge in [-0.1, -0.05) is 11.6 Å². The maximum atomic E-state index is 11.0. The molecule has 0 aliphatic heterocycles. The number of phenolic OH excluding ortho intramolecular Hbond substituents is 1. The SMILES string of the molecule is CC(=O)c1cc(O)cc(Cl)c1I. The highest BCUT2D eigenvalue weighted by Gasteiger charge is 2.09. The summed E-state index contributed by atoms with van der Waals surface area (Å²) in [5, 5.41) is 9.53. The summed E-state index contributed by atoms with van der Waals surface area (Å²) in [5.74, 6) is -0.0807. The van der Waals surface area contributed by atoms with Crippen molar-refractivity contribution in [1.29, 1.82) is 0 Å². The molecule has 0 amide bonds. The van der Waals surface area contributed by atoms with Crippen LogP contribution in [0.2, 0.25) is 5.02 Å². The number of carbonyl (C=O) groups is 1. The minimum atomic E-state index is -0.0998. The van der Waals surface area contributed by atoms with Gasteiger partial charge in [0.1, 0.15) is 5.75 Å². The molecule has 64 valence electrons. The van der Waals surface area contributed by atoms with Crippen LogP contribution in [0.5, 0.6) is 5.75 Å². The van der Waals surface area contributed by atoms with Crippen molar-refractivity contribution in [3.8, 4) is 5.75 Å². The molecule has 0 bridgehead atoms. The van der Waals surface area contributed by atoms with Gasteiger partial charge >= 0.3 is 0 Å². The summed E-state index contributed by atoms with van der Waals surface area (Å²) >= 11 is 7.72. The summed E-state index contributed by atoms with van der Waals surface area (Å²) in [6.07, 6.45) is 0. The van der Waals surface area contributed by atoms with Crippen LogP contribution in [-0.4, -0.2) is 10.9 Å². The normalized spacial score (nSPS) is 9.92. The highest BCUT2D eigenvalue weighted by atomic mass is 127. The summed E-state index contributed by atoms with van der Waals surface area (Å²) in [4.78, 5) is 11.0. The van der Waals surface area contributed by atoms with Gasteiger partial charge in [0.05, 0.1) is 5.02 Å². The predicted octanol–water partition coefficient (Wildman–Crippen LogP) is 2.85. The average molecular weight is 296 g/mol. The van der Waals surface area contributed by atoms with E-state index in [1.54, 1.807) is 0 Å². The first-order chi connectivity index (χ1) is 5.52. The van der Waals surface area contributed by atoms with Crippen LogP contribution in [0, 0.1) is 3.57 Å². The standard InChI is InChI=1S/C8H6ClIO2/c1-4(11)6-2-5(12)3-7(9)8(6)10/h2-3,12H,1H3. The van der Waals surface area contributed by atoms with Crippen molar-refractivity contribution in [2.24, 2.45) is 0 Å². The molecule has 1 aromatic carbocycles. The van der Waals surface area contributed by atoms with Gasteiger partial charge in [-0.05, 0) is 41.6 Å². The number of aromatic hydroxyl groups is 1. The van der Waals surface area contributed by atoms with Gasteiger partial charge in [0.25, 0.3) is 0 Å². The lowest BCUT2D eigenvalue weighted by molar-refractivity contribution is 0.101. The number of carbonyl (C=O) groups excluding carboxylic acids is 1. The number of hydrogen-bond acceptors (Lipinski definition) is 2. The Bertz CT molecular complexity index is 336. The molecule has 1 rings (SSSR count). The molecule has 0 saturated heterocycles. The second-order valence-corrected chi connectivity index (χ2v) is 3.83. The van der Waals surface area contributed by atoms with E-state index in [1.165, 1.54) is 19.1 Å². The summed E-state index contributed by atoms with van der Waals surface area (Å²) in [5.41, 5.74) is 0.459. The van der Waals surface area contributed by atoms with Crippen molar-refractivity contribution in [2.45, 2.75) is 6.92 Å². The molecule has 1 aromatic rings. The summed E-state index contributed by atoms with van der Waals surface area (Å²) in [6, 6.07) is 2.83. The molecule has 0 radical (unpaired) electrons. The fraction of sp³-hybridized carbons (Fsp3) is 0.125. The molecule has 12 heavy (non-hydrogen) atoms. The van der Waals surface area contributed by atoms with Crippen molar-refractivity contribution < 1.29 is 9.90 Å². The van der Waals surface area contributed by atoms with Crippen LogP contribution < -0.4 is 0 Å². The molecule has 4 heteroatoms. The number of phenols is 1. The van der Waals surface area contributed by atoms with Crippen molar-refractivity contribution in [3.63, 3.8) is 0 Å². The lowest BCUT2D eigenvalue weighted by Gasteiger charge is -2.02. The van der Waals surface area contributed by atoms with Crippen LogP contribution in [0.15, 0.2) is 12.1 Å². The third-order valence-electron chi connectivity index (χ3n) is 1.39. The van der Waals surface area contributed by atoms with E-state index in [1.807, 2.05) is 22.6 Å². The number of rotatable bonds is 1. The molecule has 1 N–H and O–H groups in total. The number of benzene rings is 1. The van der Waals surface area contributed by atoms with Gasteiger partial charge in [-0.3, -0.25) is 4.79 Å². The van der Waals surface area contributed by atoms with Crippen LogP contribution in [0.1, 0.15) is 17.3 Å². The highest BCUT2D eigenvalue weighted by molar-refractivity contribution is 14.1.